The van der Waals surface area contributed by atoms with E-state index in [0.717, 1.165) is 31.6 Å². The lowest BCUT2D eigenvalue weighted by molar-refractivity contribution is 0.266. The van der Waals surface area contributed by atoms with Crippen molar-refractivity contribution in [3.05, 3.63) is 41.5 Å². The Bertz CT molecular complexity index is 438. The molecule has 1 heterocycles. The minimum Gasteiger partial charge on any atom is -0.493 e. The first kappa shape index (κ1) is 10.8. The molecule has 0 spiro atoms. The van der Waals surface area contributed by atoms with Gasteiger partial charge < -0.3 is 10.5 Å². The van der Waals surface area contributed by atoms with E-state index < -0.39 is 0 Å². The van der Waals surface area contributed by atoms with Gasteiger partial charge in [-0.25, -0.2) is 0 Å². The molecule has 0 bridgehead atoms. The zero-order valence-electron chi connectivity index (χ0n) is 10.1. The molecular formula is C15H19NO. The highest BCUT2D eigenvalue weighted by Gasteiger charge is 2.23. The van der Waals surface area contributed by atoms with E-state index in [9.17, 15) is 0 Å². The Morgan fingerprint density at radius 1 is 1.24 bits per heavy atom. The highest BCUT2D eigenvalue weighted by Crippen LogP contribution is 2.38. The Hall–Kier alpha value is -1.28. The lowest BCUT2D eigenvalue weighted by Gasteiger charge is -2.26. The van der Waals surface area contributed by atoms with Crippen LogP contribution in [0.2, 0.25) is 0 Å². The Morgan fingerprint density at radius 3 is 2.94 bits per heavy atom. The van der Waals surface area contributed by atoms with E-state index in [1.807, 2.05) is 6.07 Å². The van der Waals surface area contributed by atoms with Crippen LogP contribution in [-0.4, -0.2) is 12.6 Å². The van der Waals surface area contributed by atoms with Crippen molar-refractivity contribution in [2.75, 3.05) is 6.61 Å². The monoisotopic (exact) mass is 229 g/mol. The number of rotatable bonds is 2. The molecule has 2 heteroatoms. The summed E-state index contributed by atoms with van der Waals surface area (Å²) >= 11 is 0. The molecule has 2 atom stereocenters. The molecule has 90 valence electrons. The molecule has 2 N–H and O–H groups in total. The molecule has 1 aromatic carbocycles. The predicted molar refractivity (Wildman–Crippen MR) is 69.2 cm³/mol. The van der Waals surface area contributed by atoms with Crippen LogP contribution in [0.1, 0.15) is 37.2 Å². The summed E-state index contributed by atoms with van der Waals surface area (Å²) in [5.41, 5.74) is 8.84. The second-order valence-corrected chi connectivity index (χ2v) is 5.10. The van der Waals surface area contributed by atoms with E-state index in [1.54, 1.807) is 5.57 Å². The molecule has 1 aliphatic heterocycles. The summed E-state index contributed by atoms with van der Waals surface area (Å²) in [6, 6.07) is 8.73. The van der Waals surface area contributed by atoms with Crippen molar-refractivity contribution in [3.8, 4) is 5.75 Å². The maximum atomic E-state index is 5.92. The fourth-order valence-corrected chi connectivity index (χ4v) is 2.94. The fraction of sp³-hybridized carbons (Fsp3) is 0.467. The predicted octanol–water partition coefficient (Wildman–Crippen LogP) is 2.99. The zero-order valence-corrected chi connectivity index (χ0v) is 10.1. The van der Waals surface area contributed by atoms with E-state index in [0.29, 0.717) is 12.0 Å². The van der Waals surface area contributed by atoms with Crippen molar-refractivity contribution in [1.82, 2.24) is 0 Å². The van der Waals surface area contributed by atoms with Crippen LogP contribution in [0.4, 0.5) is 0 Å². The highest BCUT2D eigenvalue weighted by molar-refractivity contribution is 5.38. The van der Waals surface area contributed by atoms with E-state index in [4.69, 9.17) is 10.5 Å². The third-order valence-corrected chi connectivity index (χ3v) is 3.84. The lowest BCUT2D eigenvalue weighted by atomic mass is 9.87. The molecular weight excluding hydrogens is 210 g/mol. The van der Waals surface area contributed by atoms with Crippen molar-refractivity contribution in [2.45, 2.75) is 37.6 Å². The summed E-state index contributed by atoms with van der Waals surface area (Å²) in [4.78, 5) is 0. The third-order valence-electron chi connectivity index (χ3n) is 3.84. The molecule has 0 radical (unpaired) electrons. The average Bonchev–Trinajstić information content (AvgIpc) is 2.75. The van der Waals surface area contributed by atoms with Crippen LogP contribution in [-0.2, 0) is 0 Å². The van der Waals surface area contributed by atoms with Gasteiger partial charge in [0.1, 0.15) is 5.75 Å². The van der Waals surface area contributed by atoms with Crippen LogP contribution in [0.3, 0.4) is 0 Å². The van der Waals surface area contributed by atoms with E-state index in [1.165, 1.54) is 12.0 Å². The molecule has 1 aliphatic carbocycles. The van der Waals surface area contributed by atoms with Gasteiger partial charge in [-0.2, -0.15) is 0 Å². The van der Waals surface area contributed by atoms with Crippen LogP contribution >= 0.6 is 0 Å². The van der Waals surface area contributed by atoms with Gasteiger partial charge in [0.25, 0.3) is 0 Å². The lowest BCUT2D eigenvalue weighted by Crippen LogP contribution is -2.14. The largest absolute Gasteiger partial charge is 0.493 e. The average molecular weight is 229 g/mol. The number of hydrogen-bond donors (Lipinski definition) is 1. The molecule has 2 aliphatic rings. The highest BCUT2D eigenvalue weighted by atomic mass is 16.5. The van der Waals surface area contributed by atoms with Crippen molar-refractivity contribution in [2.24, 2.45) is 5.73 Å². The van der Waals surface area contributed by atoms with Gasteiger partial charge in [-0.05, 0) is 43.2 Å². The van der Waals surface area contributed by atoms with Gasteiger partial charge in [0.2, 0.25) is 0 Å². The smallest absolute Gasteiger partial charge is 0.122 e. The summed E-state index contributed by atoms with van der Waals surface area (Å²) in [7, 11) is 0. The Kier molecular flexibility index (Phi) is 2.89. The second kappa shape index (κ2) is 4.53. The number of hydrogen-bond acceptors (Lipinski definition) is 2. The molecule has 1 aromatic rings. The summed E-state index contributed by atoms with van der Waals surface area (Å²) in [6.07, 6.45) is 6.86. The number of para-hydroxylation sites is 1. The first-order valence-electron chi connectivity index (χ1n) is 6.50. The molecule has 0 aromatic heterocycles. The number of fused-ring (bicyclic) bond motifs is 1. The Labute approximate surface area is 102 Å². The van der Waals surface area contributed by atoms with Crippen molar-refractivity contribution in [1.29, 1.82) is 0 Å². The van der Waals surface area contributed by atoms with Gasteiger partial charge in [-0.1, -0.05) is 29.8 Å². The summed E-state index contributed by atoms with van der Waals surface area (Å²) in [6.45, 7) is 0.848. The normalized spacial score (nSPS) is 27.2. The fourth-order valence-electron chi connectivity index (χ4n) is 2.94. The van der Waals surface area contributed by atoms with E-state index in [2.05, 4.69) is 24.3 Å². The van der Waals surface area contributed by atoms with Crippen molar-refractivity contribution >= 4 is 0 Å². The molecule has 3 rings (SSSR count). The van der Waals surface area contributed by atoms with Gasteiger partial charge >= 0.3 is 0 Å². The Balaban J connectivity index is 1.79. The number of benzene rings is 1. The first-order chi connectivity index (χ1) is 8.33. The van der Waals surface area contributed by atoms with Gasteiger partial charge in [-0.15, -0.1) is 0 Å². The van der Waals surface area contributed by atoms with Crippen LogP contribution < -0.4 is 10.5 Å². The quantitative estimate of drug-likeness (QED) is 0.791. The maximum Gasteiger partial charge on any atom is 0.122 e. The van der Waals surface area contributed by atoms with Crippen LogP contribution in [0.15, 0.2) is 35.9 Å². The standard InChI is InChI=1S/C15H19NO/c16-13-6-5-11(10-13)9-12-7-8-17-15-4-2-1-3-14(12)15/h1-4,10,12-13H,5-9,16H2. The summed E-state index contributed by atoms with van der Waals surface area (Å²) < 4.78 is 5.70. The second-order valence-electron chi connectivity index (χ2n) is 5.10. The van der Waals surface area contributed by atoms with Crippen LogP contribution in [0, 0.1) is 0 Å². The van der Waals surface area contributed by atoms with Crippen LogP contribution in [0.5, 0.6) is 5.75 Å². The van der Waals surface area contributed by atoms with Crippen molar-refractivity contribution < 1.29 is 4.74 Å². The number of nitrogens with two attached hydrogens (primary N) is 1. The van der Waals surface area contributed by atoms with E-state index >= 15 is 0 Å². The zero-order chi connectivity index (χ0) is 11.7. The minimum atomic E-state index is 0.292. The molecule has 17 heavy (non-hydrogen) atoms. The molecule has 2 nitrogen and oxygen atoms in total. The molecule has 0 saturated heterocycles. The maximum absolute atomic E-state index is 5.92. The van der Waals surface area contributed by atoms with Crippen LogP contribution in [0.25, 0.3) is 0 Å². The van der Waals surface area contributed by atoms with Gasteiger partial charge in [0.05, 0.1) is 6.61 Å². The molecule has 0 amide bonds. The summed E-state index contributed by atoms with van der Waals surface area (Å²) in [5, 5.41) is 0. The molecule has 0 fully saturated rings. The van der Waals surface area contributed by atoms with E-state index in [-0.39, 0.29) is 0 Å². The number of ether oxygens (including phenoxy) is 1. The van der Waals surface area contributed by atoms with Gasteiger partial charge in [-0.3, -0.25) is 0 Å². The summed E-state index contributed by atoms with van der Waals surface area (Å²) in [5.74, 6) is 1.70. The molecule has 0 saturated carbocycles. The third kappa shape index (κ3) is 2.22. The minimum absolute atomic E-state index is 0.292. The van der Waals surface area contributed by atoms with Gasteiger partial charge in [0, 0.05) is 6.04 Å². The van der Waals surface area contributed by atoms with Gasteiger partial charge in [0.15, 0.2) is 0 Å². The SMILES string of the molecule is NC1C=C(CC2CCOc3ccccc32)CC1. The number of allylic oxidation sites excluding steroid dienone is 1. The first-order valence-corrected chi connectivity index (χ1v) is 6.50. The topological polar surface area (TPSA) is 35.2 Å². The Morgan fingerprint density at radius 2 is 2.12 bits per heavy atom. The van der Waals surface area contributed by atoms with Crippen molar-refractivity contribution in [3.63, 3.8) is 0 Å². The molecule has 2 unspecified atom stereocenters.